The number of nitrogens with one attached hydrogen (secondary N) is 1. The van der Waals surface area contributed by atoms with Gasteiger partial charge in [-0.1, -0.05) is 0 Å². The Labute approximate surface area is 167 Å². The minimum Gasteiger partial charge on any atom is -0.735 e. The predicted molar refractivity (Wildman–Crippen MR) is 87.1 cm³/mol. The van der Waals surface area contributed by atoms with E-state index >= 15 is 0 Å². The molecule has 0 saturated carbocycles. The molecule has 0 bridgehead atoms. The molecule has 16 heteroatoms. The fourth-order valence-corrected chi connectivity index (χ4v) is 4.46. The molecule has 14 nitrogen and oxygen atoms in total. The first-order valence-electron chi connectivity index (χ1n) is 8.49. The van der Waals surface area contributed by atoms with E-state index in [4.69, 9.17) is 4.74 Å². The zero-order valence-electron chi connectivity index (χ0n) is 14.9. The van der Waals surface area contributed by atoms with Crippen molar-refractivity contribution < 1.29 is 55.0 Å². The minimum atomic E-state index is -5.08. The number of likely N-dealkylation sites (tertiary alicyclic amines) is 1. The summed E-state index contributed by atoms with van der Waals surface area (Å²) in [5.74, 6) is -3.48. The molecule has 2 fully saturated rings. The van der Waals surface area contributed by atoms with Gasteiger partial charge < -0.3 is 34.0 Å². The highest BCUT2D eigenvalue weighted by Gasteiger charge is 2.42. The number of aliphatic hydroxyl groups excluding tert-OH is 2. The molecule has 0 aromatic heterocycles. The molecule has 0 aromatic carbocycles. The van der Waals surface area contributed by atoms with Crippen molar-refractivity contribution in [3.05, 3.63) is 0 Å². The van der Waals surface area contributed by atoms with Crippen LogP contribution in [0.25, 0.3) is 0 Å². The van der Waals surface area contributed by atoms with Crippen LogP contribution in [0.2, 0.25) is 0 Å². The van der Waals surface area contributed by atoms with Crippen molar-refractivity contribution in [3.8, 4) is 0 Å². The van der Waals surface area contributed by atoms with Gasteiger partial charge in [0, 0.05) is 37.4 Å². The number of carbonyl (C=O) groups is 1. The van der Waals surface area contributed by atoms with E-state index in [1.54, 1.807) is 4.72 Å². The highest BCUT2D eigenvalue weighted by molar-refractivity contribution is 7.83. The number of carboxylic acid groups (broad SMARTS) is 1. The van der Waals surface area contributed by atoms with Crippen molar-refractivity contribution in [1.29, 1.82) is 0 Å². The quantitative estimate of drug-likeness (QED) is 0.227. The Morgan fingerprint density at radius 3 is 2.41 bits per heavy atom. The van der Waals surface area contributed by atoms with E-state index < -0.39 is 76.1 Å². The molecule has 6 atom stereocenters. The lowest BCUT2D eigenvalue weighted by Crippen LogP contribution is -2.61. The van der Waals surface area contributed by atoms with Crippen molar-refractivity contribution in [2.75, 3.05) is 32.8 Å². The fourth-order valence-electron chi connectivity index (χ4n) is 3.58. The minimum absolute atomic E-state index is 0.0123. The maximum atomic E-state index is 11.1. The molecule has 2 aliphatic rings. The largest absolute Gasteiger partial charge is 0.735 e. The van der Waals surface area contributed by atoms with Gasteiger partial charge >= 0.3 is 0 Å². The smallest absolute Gasteiger partial charge is 0.217 e. The third-order valence-corrected chi connectivity index (χ3v) is 5.81. The molecule has 0 spiro atoms. The van der Waals surface area contributed by atoms with Gasteiger partial charge in [-0.3, -0.25) is 9.08 Å². The number of hydrogen-bond donors (Lipinski definition) is 3. The number of rotatable bonds is 8. The van der Waals surface area contributed by atoms with Crippen LogP contribution in [0.1, 0.15) is 6.42 Å². The molecule has 3 unspecified atom stereocenters. The summed E-state index contributed by atoms with van der Waals surface area (Å²) in [6, 6.07) is -1.37. The zero-order chi connectivity index (χ0) is 22.0. The number of ether oxygens (including phenoxy) is 1. The third-order valence-electron chi connectivity index (χ3n) is 4.80. The molecule has 2 rings (SSSR count). The molecule has 0 aliphatic carbocycles. The zero-order valence-corrected chi connectivity index (χ0v) is 16.6. The van der Waals surface area contributed by atoms with Gasteiger partial charge in [-0.15, -0.1) is 0 Å². The Hall–Kier alpha value is -0.950. The van der Waals surface area contributed by atoms with E-state index in [0.717, 1.165) is 0 Å². The van der Waals surface area contributed by atoms with Crippen LogP contribution in [-0.2, 0) is 34.4 Å². The van der Waals surface area contributed by atoms with E-state index in [0.29, 0.717) is 0 Å². The number of piperidine rings is 1. The average Bonchev–Trinajstić information content (AvgIpc) is 2.55. The van der Waals surface area contributed by atoms with Gasteiger partial charge in [0.05, 0.1) is 37.6 Å². The molecular weight excluding hydrogens is 440 g/mol. The van der Waals surface area contributed by atoms with Crippen LogP contribution in [0.3, 0.4) is 0 Å². The number of hydrogen-bond acceptors (Lipinski definition) is 13. The maximum Gasteiger partial charge on any atom is 0.217 e. The van der Waals surface area contributed by atoms with Crippen molar-refractivity contribution in [2.24, 2.45) is 11.8 Å². The maximum absolute atomic E-state index is 11.1. The van der Waals surface area contributed by atoms with Crippen LogP contribution in [0, 0.1) is 11.8 Å². The summed E-state index contributed by atoms with van der Waals surface area (Å²) in [6.07, 6.45) is -3.80. The second-order valence-electron chi connectivity index (χ2n) is 7.02. The van der Waals surface area contributed by atoms with E-state index in [1.165, 1.54) is 4.90 Å². The molecule has 3 N–H and O–H groups in total. The highest BCUT2D eigenvalue weighted by Crippen LogP contribution is 2.26. The summed E-state index contributed by atoms with van der Waals surface area (Å²) in [7, 11) is -10.0. The number of carbonyl (C=O) groups excluding carboxylic acids is 1. The Bertz CT molecular complexity index is 786. The van der Waals surface area contributed by atoms with Crippen LogP contribution in [-0.4, -0.2) is 104 Å². The van der Waals surface area contributed by atoms with E-state index in [2.05, 4.69) is 4.18 Å². The summed E-state index contributed by atoms with van der Waals surface area (Å²) in [4.78, 5) is 12.6. The van der Waals surface area contributed by atoms with Crippen LogP contribution < -0.4 is 9.83 Å². The van der Waals surface area contributed by atoms with Crippen molar-refractivity contribution in [2.45, 2.75) is 30.8 Å². The topological polar surface area (TPSA) is 229 Å². The first-order valence-corrected chi connectivity index (χ1v) is 11.2. The van der Waals surface area contributed by atoms with Crippen molar-refractivity contribution in [1.82, 2.24) is 9.62 Å². The van der Waals surface area contributed by atoms with Gasteiger partial charge in [-0.25, -0.2) is 21.6 Å². The monoisotopic (exact) mass is 461 g/mol. The number of nitrogens with zero attached hydrogens (tertiary/aromatic N) is 1. The van der Waals surface area contributed by atoms with Gasteiger partial charge in [0.25, 0.3) is 0 Å². The summed E-state index contributed by atoms with van der Waals surface area (Å²) >= 11 is 0. The number of aliphatic carboxylic acids is 1. The Balaban J connectivity index is 2.17. The van der Waals surface area contributed by atoms with Crippen LogP contribution in [0.5, 0.6) is 0 Å². The van der Waals surface area contributed by atoms with Gasteiger partial charge in [-0.2, -0.15) is 0 Å². The Morgan fingerprint density at radius 1 is 1.21 bits per heavy atom. The Kier molecular flexibility index (Phi) is 7.93. The number of aliphatic hydroxyl groups is 2. The van der Waals surface area contributed by atoms with Gasteiger partial charge in [0.15, 0.2) is 10.3 Å². The van der Waals surface area contributed by atoms with Gasteiger partial charge in [0.2, 0.25) is 10.4 Å². The summed E-state index contributed by atoms with van der Waals surface area (Å²) in [6.45, 7) is -1.51. The molecule has 0 amide bonds. The van der Waals surface area contributed by atoms with Crippen LogP contribution in [0.15, 0.2) is 0 Å². The molecule has 0 aromatic rings. The van der Waals surface area contributed by atoms with E-state index in [1.807, 2.05) is 0 Å². The SMILES string of the molecule is O=C([O-])C1C[C@@H](O)CN(C[C@@H]2C(COS(=O)(=O)[O-])OCC(NS(=O)(=O)[O-])[C@@H]2O)C1. The lowest BCUT2D eigenvalue weighted by atomic mass is 9.87. The lowest BCUT2D eigenvalue weighted by Gasteiger charge is -2.44. The summed E-state index contributed by atoms with van der Waals surface area (Å²) < 4.78 is 76.1. The molecule has 0 radical (unpaired) electrons. The lowest BCUT2D eigenvalue weighted by molar-refractivity contribution is -0.313. The normalized spacial score (nSPS) is 34.8. The van der Waals surface area contributed by atoms with E-state index in [9.17, 15) is 46.1 Å². The number of β-amino-alcohol motifs (C(OH)–C–C–N with tert-alkyl or cyclic N) is 1. The first kappa shape index (κ1) is 24.3. The fraction of sp³-hybridized carbons (Fsp3) is 0.923. The van der Waals surface area contributed by atoms with Crippen LogP contribution in [0.4, 0.5) is 0 Å². The standard InChI is InChI=1S/C13H24N2O12S2/c16-8-1-7(13(18)19)2-15(3-8)4-9-11(6-27-29(23,24)25)26-5-10(12(9)17)14-28(20,21)22/h7-12,14,16-17H,1-6H2,(H,18,19)(H,20,21,22)(H,23,24,25)/p-3/t7?,8-,9-,10?,11?,12-/m1/s1. The van der Waals surface area contributed by atoms with Gasteiger partial charge in [0.1, 0.15) is 0 Å². The molecule has 2 heterocycles. The average molecular weight is 461 g/mol. The van der Waals surface area contributed by atoms with E-state index in [-0.39, 0.29) is 26.1 Å². The summed E-state index contributed by atoms with van der Waals surface area (Å²) in [5.41, 5.74) is 0. The van der Waals surface area contributed by atoms with Crippen LogP contribution >= 0.6 is 0 Å². The molecular formula is C13H21N2O12S2-3. The number of carboxylic acids is 1. The molecule has 29 heavy (non-hydrogen) atoms. The Morgan fingerprint density at radius 2 is 1.86 bits per heavy atom. The predicted octanol–water partition coefficient (Wildman–Crippen LogP) is -5.31. The molecule has 2 saturated heterocycles. The highest BCUT2D eigenvalue weighted by atomic mass is 32.3. The third kappa shape index (κ3) is 7.67. The second-order valence-corrected chi connectivity index (χ2v) is 9.22. The first-order chi connectivity index (χ1) is 13.2. The molecule has 2 aliphatic heterocycles. The van der Waals surface area contributed by atoms with Crippen molar-refractivity contribution in [3.63, 3.8) is 0 Å². The second kappa shape index (κ2) is 9.46. The van der Waals surface area contributed by atoms with Gasteiger partial charge in [-0.05, 0) is 6.42 Å². The van der Waals surface area contributed by atoms with Crippen molar-refractivity contribution >= 4 is 26.7 Å². The summed E-state index contributed by atoms with van der Waals surface area (Å²) in [5, 5.41) is 31.5. The molecule has 170 valence electrons.